The first-order valence-corrected chi connectivity index (χ1v) is 10.2. The van der Waals surface area contributed by atoms with Crippen LogP contribution in [0, 0.1) is 0 Å². The molecule has 1 aromatic carbocycles. The summed E-state index contributed by atoms with van der Waals surface area (Å²) in [6.07, 6.45) is 7.24. The van der Waals surface area contributed by atoms with Crippen molar-refractivity contribution in [1.29, 1.82) is 0 Å². The summed E-state index contributed by atoms with van der Waals surface area (Å²) in [5, 5.41) is 20.8. The Bertz CT molecular complexity index is 1010. The largest absolute Gasteiger partial charge is 0.490 e. The minimum Gasteiger partial charge on any atom is -0.490 e. The van der Waals surface area contributed by atoms with E-state index in [1.165, 1.54) is 0 Å². The highest BCUT2D eigenvalue weighted by Gasteiger charge is 2.22. The third kappa shape index (κ3) is 4.51. The molecule has 0 aliphatic heterocycles. The number of aliphatic hydroxyl groups is 1. The van der Waals surface area contributed by atoms with Crippen LogP contribution in [-0.2, 0) is 4.79 Å². The van der Waals surface area contributed by atoms with E-state index in [1.807, 2.05) is 24.3 Å². The molecule has 3 aromatic rings. The highest BCUT2D eigenvalue weighted by Crippen LogP contribution is 2.27. The van der Waals surface area contributed by atoms with Crippen molar-refractivity contribution >= 4 is 22.8 Å². The highest BCUT2D eigenvalue weighted by atomic mass is 16.5. The second-order valence-electron chi connectivity index (χ2n) is 7.45. The van der Waals surface area contributed by atoms with Crippen molar-refractivity contribution in [3.05, 3.63) is 36.7 Å². The van der Waals surface area contributed by atoms with Crippen molar-refractivity contribution in [1.82, 2.24) is 25.1 Å². The maximum atomic E-state index is 11.2. The highest BCUT2D eigenvalue weighted by molar-refractivity contribution is 5.86. The normalized spacial score (nSPS) is 18.9. The molecule has 1 aliphatic carbocycles. The molecule has 3 N–H and O–H groups in total. The molecule has 4 rings (SSSR count). The minimum atomic E-state index is -0.0435. The molecule has 1 aliphatic rings. The minimum absolute atomic E-state index is 0.0267. The number of ether oxygens (including phenoxy) is 1. The van der Waals surface area contributed by atoms with E-state index >= 15 is 0 Å². The lowest BCUT2D eigenvalue weighted by Gasteiger charge is -2.29. The molecular weight excluding hydrogens is 384 g/mol. The summed E-state index contributed by atoms with van der Waals surface area (Å²) in [7, 11) is 0. The molecule has 1 fully saturated rings. The van der Waals surface area contributed by atoms with Gasteiger partial charge in [0.15, 0.2) is 5.82 Å². The molecule has 2 heterocycles. The van der Waals surface area contributed by atoms with Gasteiger partial charge in [-0.15, -0.1) is 0 Å². The van der Waals surface area contributed by atoms with Crippen LogP contribution in [0.25, 0.3) is 16.7 Å². The molecule has 0 spiro atoms. The summed E-state index contributed by atoms with van der Waals surface area (Å²) in [4.78, 5) is 20.2. The van der Waals surface area contributed by atoms with Crippen molar-refractivity contribution in [2.24, 2.45) is 0 Å². The number of carbonyl (C=O) groups excluding carboxylic acids is 1. The maximum absolute atomic E-state index is 11.2. The number of hydrogen-bond donors (Lipinski definition) is 3. The number of aliphatic hydroxyl groups excluding tert-OH is 1. The Labute approximate surface area is 174 Å². The molecule has 30 heavy (non-hydrogen) atoms. The number of anilines is 1. The number of rotatable bonds is 7. The lowest BCUT2D eigenvalue weighted by atomic mass is 9.91. The van der Waals surface area contributed by atoms with E-state index in [2.05, 4.69) is 25.7 Å². The summed E-state index contributed by atoms with van der Waals surface area (Å²) in [5.74, 6) is 1.93. The SMILES string of the molecule is CC(=O)NC1CCC(Nc2nccc(-n3ncc4c(OCCO)cccc43)n2)CC1. The van der Waals surface area contributed by atoms with Crippen LogP contribution in [0.4, 0.5) is 5.95 Å². The van der Waals surface area contributed by atoms with Crippen LogP contribution in [0.3, 0.4) is 0 Å². The summed E-state index contributed by atoms with van der Waals surface area (Å²) < 4.78 is 7.35. The first-order chi connectivity index (χ1) is 14.6. The van der Waals surface area contributed by atoms with Crippen LogP contribution in [0.5, 0.6) is 5.75 Å². The van der Waals surface area contributed by atoms with E-state index in [0.717, 1.165) is 36.6 Å². The van der Waals surface area contributed by atoms with E-state index < -0.39 is 0 Å². The van der Waals surface area contributed by atoms with E-state index in [1.54, 1.807) is 24.0 Å². The molecule has 1 amide bonds. The van der Waals surface area contributed by atoms with Gasteiger partial charge in [-0.25, -0.2) is 9.67 Å². The predicted octanol–water partition coefficient (Wildman–Crippen LogP) is 2.05. The van der Waals surface area contributed by atoms with Gasteiger partial charge in [0.25, 0.3) is 0 Å². The summed E-state index contributed by atoms with van der Waals surface area (Å²) in [6.45, 7) is 1.75. The molecule has 1 saturated carbocycles. The average Bonchev–Trinajstić information content (AvgIpc) is 3.18. The second-order valence-corrected chi connectivity index (χ2v) is 7.45. The van der Waals surface area contributed by atoms with Crippen molar-refractivity contribution in [3.63, 3.8) is 0 Å². The van der Waals surface area contributed by atoms with E-state index in [4.69, 9.17) is 9.84 Å². The molecule has 0 saturated heterocycles. The van der Waals surface area contributed by atoms with Crippen molar-refractivity contribution in [3.8, 4) is 11.6 Å². The third-order valence-corrected chi connectivity index (χ3v) is 5.25. The van der Waals surface area contributed by atoms with Crippen molar-refractivity contribution in [2.45, 2.75) is 44.7 Å². The van der Waals surface area contributed by atoms with E-state index in [-0.39, 0.29) is 31.2 Å². The Morgan fingerprint density at radius 2 is 2.03 bits per heavy atom. The Balaban J connectivity index is 1.48. The molecule has 2 aromatic heterocycles. The summed E-state index contributed by atoms with van der Waals surface area (Å²) in [6, 6.07) is 8.04. The Morgan fingerprint density at radius 3 is 2.80 bits per heavy atom. The summed E-state index contributed by atoms with van der Waals surface area (Å²) >= 11 is 0. The van der Waals surface area contributed by atoms with Gasteiger partial charge in [0.1, 0.15) is 12.4 Å². The lowest BCUT2D eigenvalue weighted by molar-refractivity contribution is -0.119. The fourth-order valence-electron chi connectivity index (χ4n) is 3.88. The first-order valence-electron chi connectivity index (χ1n) is 10.2. The van der Waals surface area contributed by atoms with Gasteiger partial charge in [-0.05, 0) is 37.8 Å². The Hall–Kier alpha value is -3.20. The van der Waals surface area contributed by atoms with E-state index in [9.17, 15) is 4.79 Å². The number of fused-ring (bicyclic) bond motifs is 1. The smallest absolute Gasteiger partial charge is 0.224 e. The van der Waals surface area contributed by atoms with E-state index in [0.29, 0.717) is 17.5 Å². The van der Waals surface area contributed by atoms with Gasteiger partial charge >= 0.3 is 0 Å². The van der Waals surface area contributed by atoms with Crippen LogP contribution in [-0.4, -0.2) is 56.1 Å². The van der Waals surface area contributed by atoms with Gasteiger partial charge in [-0.2, -0.15) is 10.1 Å². The Morgan fingerprint density at radius 1 is 1.23 bits per heavy atom. The topological polar surface area (TPSA) is 114 Å². The fourth-order valence-corrected chi connectivity index (χ4v) is 3.88. The van der Waals surface area contributed by atoms with Crippen LogP contribution in [0.1, 0.15) is 32.6 Å². The monoisotopic (exact) mass is 410 g/mol. The first kappa shape index (κ1) is 20.1. The molecule has 158 valence electrons. The number of nitrogens with zero attached hydrogens (tertiary/aromatic N) is 4. The fraction of sp³-hybridized carbons (Fsp3) is 0.429. The van der Waals surface area contributed by atoms with Gasteiger partial charge in [-0.3, -0.25) is 4.79 Å². The lowest BCUT2D eigenvalue weighted by Crippen LogP contribution is -2.39. The van der Waals surface area contributed by atoms with Crippen molar-refractivity contribution < 1.29 is 14.6 Å². The van der Waals surface area contributed by atoms with Gasteiger partial charge < -0.3 is 20.5 Å². The van der Waals surface area contributed by atoms with Crippen LogP contribution < -0.4 is 15.4 Å². The molecule has 0 radical (unpaired) electrons. The zero-order chi connectivity index (χ0) is 20.9. The molecule has 0 atom stereocenters. The number of aromatic nitrogens is 4. The zero-order valence-corrected chi connectivity index (χ0v) is 16.9. The second kappa shape index (κ2) is 9.08. The number of carbonyl (C=O) groups is 1. The van der Waals surface area contributed by atoms with Crippen LogP contribution in [0.15, 0.2) is 36.7 Å². The maximum Gasteiger partial charge on any atom is 0.224 e. The molecule has 0 unspecified atom stereocenters. The number of hydrogen-bond acceptors (Lipinski definition) is 7. The summed E-state index contributed by atoms with van der Waals surface area (Å²) in [5.41, 5.74) is 0.867. The Kier molecular flexibility index (Phi) is 6.08. The predicted molar refractivity (Wildman–Crippen MR) is 113 cm³/mol. The van der Waals surface area contributed by atoms with Crippen molar-refractivity contribution in [2.75, 3.05) is 18.5 Å². The third-order valence-electron chi connectivity index (χ3n) is 5.25. The van der Waals surface area contributed by atoms with Gasteiger partial charge in [0.05, 0.1) is 23.7 Å². The molecular formula is C21H26N6O3. The number of nitrogens with one attached hydrogen (secondary N) is 2. The number of benzene rings is 1. The van der Waals surface area contributed by atoms with Gasteiger partial charge in [0, 0.05) is 31.3 Å². The molecule has 9 nitrogen and oxygen atoms in total. The standard InChI is InChI=1S/C21H26N6O3/c1-14(29)24-15-5-7-16(8-6-15)25-21-22-10-9-20(26-21)27-18-3-2-4-19(30-12-11-28)17(18)13-23-27/h2-4,9-10,13,15-16,28H,5-8,11-12H2,1H3,(H,24,29)(H,22,25,26). The van der Waals surface area contributed by atoms with Gasteiger partial charge in [0.2, 0.25) is 11.9 Å². The van der Waals surface area contributed by atoms with Crippen LogP contribution >= 0.6 is 0 Å². The number of amides is 1. The quantitative estimate of drug-likeness (QED) is 0.546. The average molecular weight is 410 g/mol. The molecule has 9 heteroatoms. The van der Waals surface area contributed by atoms with Gasteiger partial charge in [-0.1, -0.05) is 6.07 Å². The zero-order valence-electron chi connectivity index (χ0n) is 16.9. The molecule has 0 bridgehead atoms. The van der Waals surface area contributed by atoms with Crippen LogP contribution in [0.2, 0.25) is 0 Å².